The lowest BCUT2D eigenvalue weighted by Gasteiger charge is -2.03. The number of hydrogen-bond donors (Lipinski definition) is 1. The summed E-state index contributed by atoms with van der Waals surface area (Å²) in [4.78, 5) is 11.7. The molecule has 0 saturated heterocycles. The Kier molecular flexibility index (Phi) is 7.56. The molecule has 0 bridgehead atoms. The van der Waals surface area contributed by atoms with Crippen molar-refractivity contribution in [1.29, 1.82) is 0 Å². The number of furan rings is 1. The fraction of sp³-hybridized carbons (Fsp3) is 0.450. The molecule has 4 heteroatoms. The van der Waals surface area contributed by atoms with E-state index in [2.05, 4.69) is 12.2 Å². The molecule has 0 aliphatic rings. The smallest absolute Gasteiger partial charge is 0.338 e. The minimum Gasteiger partial charge on any atom is -0.462 e. The van der Waals surface area contributed by atoms with Gasteiger partial charge in [-0.25, -0.2) is 4.79 Å². The molecular weight excluding hydrogens is 302 g/mol. The van der Waals surface area contributed by atoms with Gasteiger partial charge in [-0.1, -0.05) is 31.9 Å². The molecule has 0 spiro atoms. The lowest BCUT2D eigenvalue weighted by Crippen LogP contribution is -2.82. The van der Waals surface area contributed by atoms with Crippen molar-refractivity contribution < 1.29 is 19.3 Å². The molecule has 130 valence electrons. The van der Waals surface area contributed by atoms with Crippen LogP contribution in [0, 0.1) is 0 Å². The Morgan fingerprint density at radius 2 is 1.83 bits per heavy atom. The van der Waals surface area contributed by atoms with Crippen molar-refractivity contribution in [3.05, 3.63) is 47.7 Å². The van der Waals surface area contributed by atoms with E-state index >= 15 is 0 Å². The number of carbonyl (C=O) groups is 1. The Labute approximate surface area is 144 Å². The zero-order valence-electron chi connectivity index (χ0n) is 14.7. The quantitative estimate of drug-likeness (QED) is 0.533. The SMILES string of the molecule is CCCCCC[NH2+]Cc1ccc(-c2ccc(C(=O)OCC)cc2)o1. The van der Waals surface area contributed by atoms with Gasteiger partial charge in [0.25, 0.3) is 0 Å². The average molecular weight is 330 g/mol. The Balaban J connectivity index is 1.85. The van der Waals surface area contributed by atoms with Crippen molar-refractivity contribution >= 4 is 5.97 Å². The van der Waals surface area contributed by atoms with Crippen LogP contribution < -0.4 is 5.32 Å². The van der Waals surface area contributed by atoms with Crippen molar-refractivity contribution in [2.24, 2.45) is 0 Å². The van der Waals surface area contributed by atoms with E-state index in [-0.39, 0.29) is 5.97 Å². The van der Waals surface area contributed by atoms with Crippen LogP contribution in [0.15, 0.2) is 40.8 Å². The number of hydrogen-bond acceptors (Lipinski definition) is 3. The highest BCUT2D eigenvalue weighted by Crippen LogP contribution is 2.22. The van der Waals surface area contributed by atoms with Crippen LogP contribution in [0.5, 0.6) is 0 Å². The number of benzene rings is 1. The van der Waals surface area contributed by atoms with Gasteiger partial charge in [0.05, 0.1) is 18.7 Å². The summed E-state index contributed by atoms with van der Waals surface area (Å²) >= 11 is 0. The van der Waals surface area contributed by atoms with Crippen molar-refractivity contribution in [1.82, 2.24) is 0 Å². The molecule has 0 aliphatic heterocycles. The molecule has 0 radical (unpaired) electrons. The van der Waals surface area contributed by atoms with Crippen LogP contribution in [0.2, 0.25) is 0 Å². The van der Waals surface area contributed by atoms with Crippen LogP contribution in [0.4, 0.5) is 0 Å². The van der Waals surface area contributed by atoms with E-state index in [0.717, 1.165) is 30.2 Å². The van der Waals surface area contributed by atoms with Crippen molar-refractivity contribution in [3.8, 4) is 11.3 Å². The van der Waals surface area contributed by atoms with Gasteiger partial charge in [0, 0.05) is 5.56 Å². The summed E-state index contributed by atoms with van der Waals surface area (Å²) in [6.45, 7) is 6.43. The van der Waals surface area contributed by atoms with Crippen molar-refractivity contribution in [2.45, 2.75) is 46.1 Å². The molecule has 0 unspecified atom stereocenters. The summed E-state index contributed by atoms with van der Waals surface area (Å²) in [7, 11) is 0. The van der Waals surface area contributed by atoms with Crippen LogP contribution in [0.3, 0.4) is 0 Å². The minimum absolute atomic E-state index is 0.290. The monoisotopic (exact) mass is 330 g/mol. The number of unbranched alkanes of at least 4 members (excludes halogenated alkanes) is 3. The molecule has 2 N–H and O–H groups in total. The van der Waals surface area contributed by atoms with E-state index in [1.165, 1.54) is 25.7 Å². The molecule has 0 amide bonds. The van der Waals surface area contributed by atoms with E-state index in [0.29, 0.717) is 12.2 Å². The number of esters is 1. The predicted molar refractivity (Wildman–Crippen MR) is 94.7 cm³/mol. The standard InChI is InChI=1S/C20H27NO3/c1-3-5-6-7-14-21-15-18-12-13-19(24-18)16-8-10-17(11-9-16)20(22)23-4-2/h8-13,21H,3-7,14-15H2,1-2H3/p+1. The topological polar surface area (TPSA) is 56.0 Å². The molecule has 1 aromatic heterocycles. The summed E-state index contributed by atoms with van der Waals surface area (Å²) in [6, 6.07) is 11.3. The maximum atomic E-state index is 11.7. The highest BCUT2D eigenvalue weighted by atomic mass is 16.5. The second kappa shape index (κ2) is 9.93. The Bertz CT molecular complexity index is 616. The first kappa shape index (κ1) is 18.3. The fourth-order valence-electron chi connectivity index (χ4n) is 2.59. The van der Waals surface area contributed by atoms with Gasteiger partial charge in [0.15, 0.2) is 5.76 Å². The largest absolute Gasteiger partial charge is 0.462 e. The summed E-state index contributed by atoms with van der Waals surface area (Å²) < 4.78 is 10.9. The lowest BCUT2D eigenvalue weighted by molar-refractivity contribution is -0.672. The summed E-state index contributed by atoms with van der Waals surface area (Å²) in [5.41, 5.74) is 1.53. The summed E-state index contributed by atoms with van der Waals surface area (Å²) in [5, 5.41) is 2.29. The molecule has 2 rings (SSSR count). The minimum atomic E-state index is -0.290. The first-order chi connectivity index (χ1) is 11.7. The Morgan fingerprint density at radius 3 is 2.54 bits per heavy atom. The fourth-order valence-corrected chi connectivity index (χ4v) is 2.59. The van der Waals surface area contributed by atoms with E-state index in [4.69, 9.17) is 9.15 Å². The third kappa shape index (κ3) is 5.53. The van der Waals surface area contributed by atoms with Crippen molar-refractivity contribution in [2.75, 3.05) is 13.2 Å². The van der Waals surface area contributed by atoms with E-state index in [1.807, 2.05) is 24.3 Å². The number of nitrogens with two attached hydrogens (primary N) is 1. The van der Waals surface area contributed by atoms with Gasteiger partial charge >= 0.3 is 5.97 Å². The van der Waals surface area contributed by atoms with E-state index < -0.39 is 0 Å². The third-order valence-corrected chi connectivity index (χ3v) is 3.95. The van der Waals surface area contributed by atoms with Gasteiger partial charge in [-0.15, -0.1) is 0 Å². The maximum Gasteiger partial charge on any atom is 0.338 e. The normalized spacial score (nSPS) is 10.8. The number of ether oxygens (including phenoxy) is 1. The molecule has 0 saturated carbocycles. The maximum absolute atomic E-state index is 11.7. The van der Waals surface area contributed by atoms with Gasteiger partial charge in [0.2, 0.25) is 0 Å². The molecule has 2 aromatic rings. The molecular formula is C20H28NO3+. The molecule has 4 nitrogen and oxygen atoms in total. The lowest BCUT2D eigenvalue weighted by atomic mass is 10.1. The third-order valence-electron chi connectivity index (χ3n) is 3.95. The highest BCUT2D eigenvalue weighted by molar-refractivity contribution is 5.89. The van der Waals surface area contributed by atoms with Crippen molar-refractivity contribution in [3.63, 3.8) is 0 Å². The van der Waals surface area contributed by atoms with Crippen LogP contribution in [0.25, 0.3) is 11.3 Å². The van der Waals surface area contributed by atoms with Crippen LogP contribution in [0.1, 0.15) is 55.6 Å². The molecule has 0 aliphatic carbocycles. The molecule has 1 aromatic carbocycles. The van der Waals surface area contributed by atoms with Gasteiger partial charge in [-0.2, -0.15) is 0 Å². The summed E-state index contributed by atoms with van der Waals surface area (Å²) in [5.74, 6) is 1.52. The van der Waals surface area contributed by atoms with Crippen LogP contribution in [-0.2, 0) is 11.3 Å². The first-order valence-corrected chi connectivity index (χ1v) is 8.92. The van der Waals surface area contributed by atoms with E-state index in [1.54, 1.807) is 19.1 Å². The Hall–Kier alpha value is -2.07. The molecule has 0 fully saturated rings. The zero-order valence-corrected chi connectivity index (χ0v) is 14.7. The number of rotatable bonds is 10. The Morgan fingerprint density at radius 1 is 1.04 bits per heavy atom. The number of quaternary nitrogens is 1. The summed E-state index contributed by atoms with van der Waals surface area (Å²) in [6.07, 6.45) is 5.16. The average Bonchev–Trinajstić information content (AvgIpc) is 3.07. The zero-order chi connectivity index (χ0) is 17.2. The van der Waals surface area contributed by atoms with Gasteiger partial charge in [0.1, 0.15) is 12.3 Å². The first-order valence-electron chi connectivity index (χ1n) is 8.92. The molecule has 0 atom stereocenters. The van der Waals surface area contributed by atoms with Gasteiger partial charge in [-0.3, -0.25) is 0 Å². The van der Waals surface area contributed by atoms with Gasteiger partial charge < -0.3 is 14.5 Å². The highest BCUT2D eigenvalue weighted by Gasteiger charge is 2.09. The van der Waals surface area contributed by atoms with Crippen LogP contribution >= 0.6 is 0 Å². The van der Waals surface area contributed by atoms with E-state index in [9.17, 15) is 4.79 Å². The van der Waals surface area contributed by atoms with Crippen LogP contribution in [-0.4, -0.2) is 19.1 Å². The second-order valence-corrected chi connectivity index (χ2v) is 5.91. The second-order valence-electron chi connectivity index (χ2n) is 5.91. The molecule has 1 heterocycles. The van der Waals surface area contributed by atoms with Gasteiger partial charge in [-0.05, 0) is 44.0 Å². The number of carbonyl (C=O) groups excluding carboxylic acids is 1. The molecule has 24 heavy (non-hydrogen) atoms. The predicted octanol–water partition coefficient (Wildman–Crippen LogP) is 3.77.